The largest absolute Gasteiger partial charge is 0.300 e. The molecule has 0 bridgehead atoms. The third kappa shape index (κ3) is 3.01. The summed E-state index contributed by atoms with van der Waals surface area (Å²) < 4.78 is 1.79. The van der Waals surface area contributed by atoms with Gasteiger partial charge in [0, 0.05) is 19.7 Å². The van der Waals surface area contributed by atoms with Gasteiger partial charge < -0.3 is 4.79 Å². The number of rotatable bonds is 4. The Morgan fingerprint density at radius 2 is 2.38 bits per heavy atom. The van der Waals surface area contributed by atoms with E-state index in [0.29, 0.717) is 12.3 Å². The van der Waals surface area contributed by atoms with Crippen LogP contribution in [0.3, 0.4) is 0 Å². The molecule has 0 amide bonds. The van der Waals surface area contributed by atoms with Crippen LogP contribution in [0.5, 0.6) is 0 Å². The minimum Gasteiger partial charge on any atom is -0.300 e. The van der Waals surface area contributed by atoms with Crippen molar-refractivity contribution in [3.05, 3.63) is 18.0 Å². The molecule has 0 aliphatic heterocycles. The topological polar surface area (TPSA) is 34.9 Å². The van der Waals surface area contributed by atoms with Crippen LogP contribution >= 0.6 is 0 Å². The van der Waals surface area contributed by atoms with E-state index in [1.54, 1.807) is 11.6 Å². The van der Waals surface area contributed by atoms with E-state index in [-0.39, 0.29) is 5.78 Å². The van der Waals surface area contributed by atoms with Crippen molar-refractivity contribution < 1.29 is 4.79 Å². The first-order chi connectivity index (χ1) is 6.09. The Bertz CT molecular complexity index is 291. The molecule has 1 heterocycles. The third-order valence-electron chi connectivity index (χ3n) is 2.22. The Hall–Kier alpha value is -1.12. The standard InChI is InChI=1S/C10H16N2O/c1-8(4-5-9(2)13)10-6-11-12(3)7-10/h6-8H,4-5H2,1-3H3. The molecule has 3 heteroatoms. The van der Waals surface area contributed by atoms with Crippen LogP contribution in [-0.4, -0.2) is 15.6 Å². The lowest BCUT2D eigenvalue weighted by Gasteiger charge is -2.06. The summed E-state index contributed by atoms with van der Waals surface area (Å²) >= 11 is 0. The third-order valence-corrected chi connectivity index (χ3v) is 2.22. The predicted molar refractivity (Wildman–Crippen MR) is 51.5 cm³/mol. The minimum atomic E-state index is 0.260. The highest BCUT2D eigenvalue weighted by molar-refractivity contribution is 5.75. The van der Waals surface area contributed by atoms with Gasteiger partial charge in [-0.2, -0.15) is 5.10 Å². The van der Waals surface area contributed by atoms with Crippen LogP contribution in [0.1, 0.15) is 38.2 Å². The van der Waals surface area contributed by atoms with Crippen LogP contribution in [0, 0.1) is 0 Å². The molecule has 72 valence electrons. The van der Waals surface area contributed by atoms with E-state index < -0.39 is 0 Å². The molecule has 0 saturated carbocycles. The van der Waals surface area contributed by atoms with Crippen LogP contribution in [0.4, 0.5) is 0 Å². The lowest BCUT2D eigenvalue weighted by molar-refractivity contribution is -0.117. The number of hydrogen-bond acceptors (Lipinski definition) is 2. The van der Waals surface area contributed by atoms with Gasteiger partial charge in [-0.05, 0) is 24.8 Å². The van der Waals surface area contributed by atoms with Gasteiger partial charge >= 0.3 is 0 Å². The molecule has 0 fully saturated rings. The summed E-state index contributed by atoms with van der Waals surface area (Å²) in [5.74, 6) is 0.688. The van der Waals surface area contributed by atoms with E-state index in [0.717, 1.165) is 6.42 Å². The van der Waals surface area contributed by atoms with Gasteiger partial charge in [-0.15, -0.1) is 0 Å². The van der Waals surface area contributed by atoms with Crippen LogP contribution in [0.25, 0.3) is 0 Å². The van der Waals surface area contributed by atoms with Crippen molar-refractivity contribution in [3.8, 4) is 0 Å². The van der Waals surface area contributed by atoms with E-state index in [4.69, 9.17) is 0 Å². The van der Waals surface area contributed by atoms with E-state index in [1.807, 2.05) is 19.4 Å². The predicted octanol–water partition coefficient (Wildman–Crippen LogP) is 1.89. The maximum absolute atomic E-state index is 10.8. The zero-order valence-electron chi connectivity index (χ0n) is 8.45. The first kappa shape index (κ1) is 9.96. The van der Waals surface area contributed by atoms with Crippen molar-refractivity contribution in [3.63, 3.8) is 0 Å². The Morgan fingerprint density at radius 1 is 1.69 bits per heavy atom. The molecular formula is C10H16N2O. The van der Waals surface area contributed by atoms with E-state index in [2.05, 4.69) is 12.0 Å². The molecule has 0 radical (unpaired) electrons. The first-order valence-corrected chi connectivity index (χ1v) is 4.57. The molecule has 0 saturated heterocycles. The molecule has 1 aromatic heterocycles. The molecular weight excluding hydrogens is 164 g/mol. The summed E-state index contributed by atoms with van der Waals surface area (Å²) in [6.07, 6.45) is 5.45. The molecule has 13 heavy (non-hydrogen) atoms. The SMILES string of the molecule is CC(=O)CCC(C)c1cnn(C)c1. The Balaban J connectivity index is 2.48. The lowest BCUT2D eigenvalue weighted by atomic mass is 9.98. The molecule has 0 spiro atoms. The van der Waals surface area contributed by atoms with E-state index in [9.17, 15) is 4.79 Å². The Morgan fingerprint density at radius 3 is 2.85 bits per heavy atom. The van der Waals surface area contributed by atoms with Crippen LogP contribution in [-0.2, 0) is 11.8 Å². The summed E-state index contributed by atoms with van der Waals surface area (Å²) in [5, 5.41) is 4.10. The van der Waals surface area contributed by atoms with Crippen molar-refractivity contribution in [2.75, 3.05) is 0 Å². The van der Waals surface area contributed by atoms with Crippen molar-refractivity contribution >= 4 is 5.78 Å². The number of hydrogen-bond donors (Lipinski definition) is 0. The van der Waals surface area contributed by atoms with Gasteiger partial charge in [0.1, 0.15) is 5.78 Å². The maximum atomic E-state index is 10.8. The zero-order valence-corrected chi connectivity index (χ0v) is 8.45. The van der Waals surface area contributed by atoms with Crippen LogP contribution in [0.15, 0.2) is 12.4 Å². The second kappa shape index (κ2) is 4.21. The zero-order chi connectivity index (χ0) is 9.84. The fourth-order valence-electron chi connectivity index (χ4n) is 1.28. The summed E-state index contributed by atoms with van der Waals surface area (Å²) in [4.78, 5) is 10.8. The van der Waals surface area contributed by atoms with E-state index in [1.165, 1.54) is 5.56 Å². The van der Waals surface area contributed by atoms with E-state index >= 15 is 0 Å². The van der Waals surface area contributed by atoms with Crippen molar-refractivity contribution in [2.45, 2.75) is 32.6 Å². The maximum Gasteiger partial charge on any atom is 0.129 e. The summed E-state index contributed by atoms with van der Waals surface area (Å²) in [5.41, 5.74) is 1.21. The van der Waals surface area contributed by atoms with Crippen LogP contribution < -0.4 is 0 Å². The number of aryl methyl sites for hydroxylation is 1. The second-order valence-electron chi connectivity index (χ2n) is 3.59. The van der Waals surface area contributed by atoms with Crippen LogP contribution in [0.2, 0.25) is 0 Å². The normalized spacial score (nSPS) is 12.8. The number of Topliss-reactive ketones (excluding diaryl/α,β-unsaturated/α-hetero) is 1. The number of nitrogens with zero attached hydrogens (tertiary/aromatic N) is 2. The monoisotopic (exact) mass is 180 g/mol. The summed E-state index contributed by atoms with van der Waals surface area (Å²) in [6, 6.07) is 0. The van der Waals surface area contributed by atoms with Gasteiger partial charge in [0.2, 0.25) is 0 Å². The van der Waals surface area contributed by atoms with Gasteiger partial charge in [0.05, 0.1) is 6.20 Å². The fourth-order valence-corrected chi connectivity index (χ4v) is 1.28. The lowest BCUT2D eigenvalue weighted by Crippen LogP contribution is -1.96. The molecule has 0 aliphatic rings. The first-order valence-electron chi connectivity index (χ1n) is 4.57. The molecule has 0 aromatic carbocycles. The average molecular weight is 180 g/mol. The van der Waals surface area contributed by atoms with Gasteiger partial charge in [-0.25, -0.2) is 0 Å². The molecule has 0 aliphatic carbocycles. The van der Waals surface area contributed by atoms with Crippen molar-refractivity contribution in [2.24, 2.45) is 7.05 Å². The van der Waals surface area contributed by atoms with Gasteiger partial charge in [-0.3, -0.25) is 4.68 Å². The Labute approximate surface area is 78.8 Å². The number of aromatic nitrogens is 2. The highest BCUT2D eigenvalue weighted by Gasteiger charge is 2.07. The number of carbonyl (C=O) groups excluding carboxylic acids is 1. The summed E-state index contributed by atoms with van der Waals surface area (Å²) in [6.45, 7) is 3.76. The van der Waals surface area contributed by atoms with Gasteiger partial charge in [0.25, 0.3) is 0 Å². The van der Waals surface area contributed by atoms with Gasteiger partial charge in [-0.1, -0.05) is 6.92 Å². The molecule has 1 rings (SSSR count). The average Bonchev–Trinajstić information content (AvgIpc) is 2.47. The minimum absolute atomic E-state index is 0.260. The Kier molecular flexibility index (Phi) is 3.23. The second-order valence-corrected chi connectivity index (χ2v) is 3.59. The fraction of sp³-hybridized carbons (Fsp3) is 0.600. The molecule has 1 atom stereocenters. The number of ketones is 1. The molecule has 1 unspecified atom stereocenters. The van der Waals surface area contributed by atoms with Crippen molar-refractivity contribution in [1.29, 1.82) is 0 Å². The van der Waals surface area contributed by atoms with Gasteiger partial charge in [0.15, 0.2) is 0 Å². The highest BCUT2D eigenvalue weighted by atomic mass is 16.1. The number of carbonyl (C=O) groups is 1. The molecule has 0 N–H and O–H groups in total. The quantitative estimate of drug-likeness (QED) is 0.709. The molecule has 3 nitrogen and oxygen atoms in total. The molecule has 1 aromatic rings. The van der Waals surface area contributed by atoms with Crippen molar-refractivity contribution in [1.82, 2.24) is 9.78 Å². The smallest absolute Gasteiger partial charge is 0.129 e. The summed E-state index contributed by atoms with van der Waals surface area (Å²) in [7, 11) is 1.90. The highest BCUT2D eigenvalue weighted by Crippen LogP contribution is 2.19.